The minimum Gasteiger partial charge on any atom is -0.496 e. The molecule has 0 unspecified atom stereocenters. The summed E-state index contributed by atoms with van der Waals surface area (Å²) in [6.07, 6.45) is 3.83. The zero-order valence-electron chi connectivity index (χ0n) is 12.3. The number of rotatable bonds is 5. The average Bonchev–Trinajstić information content (AvgIpc) is 3.00. The van der Waals surface area contributed by atoms with E-state index in [-0.39, 0.29) is 0 Å². The van der Waals surface area contributed by atoms with Crippen LogP contribution in [0.2, 0.25) is 0 Å². The van der Waals surface area contributed by atoms with Gasteiger partial charge in [-0.15, -0.1) is 0 Å². The monoisotopic (exact) mass is 292 g/mol. The Bertz CT molecular complexity index is 539. The van der Waals surface area contributed by atoms with E-state index in [0.29, 0.717) is 11.3 Å². The summed E-state index contributed by atoms with van der Waals surface area (Å²) in [5.41, 5.74) is 8.82. The SMILES string of the molecule is COc1cc(N2CCCC2)c(OC)cc1/C=N\NC(N)=O. The summed E-state index contributed by atoms with van der Waals surface area (Å²) in [6, 6.07) is 3.04. The van der Waals surface area contributed by atoms with Gasteiger partial charge in [-0.25, -0.2) is 10.2 Å². The smallest absolute Gasteiger partial charge is 0.332 e. The Hall–Kier alpha value is -2.44. The van der Waals surface area contributed by atoms with E-state index >= 15 is 0 Å². The van der Waals surface area contributed by atoms with Crippen LogP contribution in [0, 0.1) is 0 Å². The highest BCUT2D eigenvalue weighted by Crippen LogP contribution is 2.36. The van der Waals surface area contributed by atoms with Crippen molar-refractivity contribution in [1.29, 1.82) is 0 Å². The zero-order valence-corrected chi connectivity index (χ0v) is 12.3. The van der Waals surface area contributed by atoms with Gasteiger partial charge in [0, 0.05) is 24.7 Å². The second-order valence-corrected chi connectivity index (χ2v) is 4.69. The highest BCUT2D eigenvalue weighted by Gasteiger charge is 2.19. The second kappa shape index (κ2) is 6.83. The van der Waals surface area contributed by atoms with Crippen molar-refractivity contribution in [3.05, 3.63) is 17.7 Å². The molecule has 2 amide bonds. The molecule has 0 spiro atoms. The van der Waals surface area contributed by atoms with Crippen LogP contribution in [0.25, 0.3) is 0 Å². The molecule has 1 heterocycles. The minimum absolute atomic E-state index is 0.660. The van der Waals surface area contributed by atoms with Crippen molar-refractivity contribution in [3.8, 4) is 11.5 Å². The number of nitrogens with two attached hydrogens (primary N) is 1. The second-order valence-electron chi connectivity index (χ2n) is 4.69. The van der Waals surface area contributed by atoms with Crippen molar-refractivity contribution in [2.24, 2.45) is 10.8 Å². The fraction of sp³-hybridized carbons (Fsp3) is 0.429. The first-order chi connectivity index (χ1) is 10.2. The largest absolute Gasteiger partial charge is 0.496 e. The van der Waals surface area contributed by atoms with Crippen LogP contribution in [0.5, 0.6) is 11.5 Å². The predicted molar refractivity (Wildman–Crippen MR) is 81.3 cm³/mol. The number of hydrazone groups is 1. The van der Waals surface area contributed by atoms with Gasteiger partial charge in [0.25, 0.3) is 0 Å². The summed E-state index contributed by atoms with van der Waals surface area (Å²) in [7, 11) is 3.22. The van der Waals surface area contributed by atoms with Crippen LogP contribution in [0.15, 0.2) is 17.2 Å². The third-order valence-corrected chi connectivity index (χ3v) is 3.36. The molecule has 2 rings (SSSR count). The molecule has 1 aliphatic rings. The molecule has 0 radical (unpaired) electrons. The number of carbonyl (C=O) groups is 1. The standard InChI is InChI=1S/C14H20N4O3/c1-20-12-8-11(18-5-3-4-6-18)13(21-2)7-10(12)9-16-17-14(15)19/h7-9H,3-6H2,1-2H3,(H3,15,17,19)/b16-9-. The number of amides is 2. The van der Waals surface area contributed by atoms with E-state index in [1.54, 1.807) is 14.2 Å². The van der Waals surface area contributed by atoms with Gasteiger partial charge in [0.05, 0.1) is 26.1 Å². The lowest BCUT2D eigenvalue weighted by Crippen LogP contribution is -2.24. The average molecular weight is 292 g/mol. The van der Waals surface area contributed by atoms with Gasteiger partial charge in [0.2, 0.25) is 0 Å². The van der Waals surface area contributed by atoms with Crippen LogP contribution in [0.4, 0.5) is 10.5 Å². The van der Waals surface area contributed by atoms with Gasteiger partial charge in [-0.05, 0) is 18.9 Å². The van der Waals surface area contributed by atoms with E-state index in [1.807, 2.05) is 12.1 Å². The zero-order chi connectivity index (χ0) is 15.2. The van der Waals surface area contributed by atoms with E-state index < -0.39 is 6.03 Å². The number of hydrogen-bond acceptors (Lipinski definition) is 5. The lowest BCUT2D eigenvalue weighted by atomic mass is 10.1. The molecule has 3 N–H and O–H groups in total. The Labute approximate surface area is 123 Å². The van der Waals surface area contributed by atoms with Gasteiger partial charge in [0.15, 0.2) is 0 Å². The summed E-state index contributed by atoms with van der Waals surface area (Å²) in [5, 5.41) is 3.75. The maximum Gasteiger partial charge on any atom is 0.332 e. The third kappa shape index (κ3) is 3.56. The number of nitrogens with zero attached hydrogens (tertiary/aromatic N) is 2. The number of methoxy groups -OCH3 is 2. The van der Waals surface area contributed by atoms with Crippen LogP contribution >= 0.6 is 0 Å². The molecule has 0 saturated carbocycles. The van der Waals surface area contributed by atoms with Crippen molar-refractivity contribution in [2.75, 3.05) is 32.2 Å². The molecule has 0 aromatic heterocycles. The molecule has 1 saturated heterocycles. The topological polar surface area (TPSA) is 89.2 Å². The van der Waals surface area contributed by atoms with E-state index in [4.69, 9.17) is 15.2 Å². The number of carbonyl (C=O) groups excluding carboxylic acids is 1. The molecule has 7 nitrogen and oxygen atoms in total. The summed E-state index contributed by atoms with van der Waals surface area (Å²) >= 11 is 0. The number of benzene rings is 1. The van der Waals surface area contributed by atoms with Gasteiger partial charge in [-0.1, -0.05) is 0 Å². The number of hydrogen-bond donors (Lipinski definition) is 2. The van der Waals surface area contributed by atoms with Gasteiger partial charge in [-0.2, -0.15) is 5.10 Å². The Morgan fingerprint density at radius 1 is 1.29 bits per heavy atom. The van der Waals surface area contributed by atoms with Gasteiger partial charge in [-0.3, -0.25) is 0 Å². The van der Waals surface area contributed by atoms with Crippen LogP contribution in [-0.4, -0.2) is 39.6 Å². The van der Waals surface area contributed by atoms with Crippen molar-refractivity contribution in [3.63, 3.8) is 0 Å². The van der Waals surface area contributed by atoms with Crippen LogP contribution < -0.4 is 25.5 Å². The summed E-state index contributed by atoms with van der Waals surface area (Å²) in [6.45, 7) is 2.02. The molecule has 1 aromatic carbocycles. The molecular formula is C14H20N4O3. The Balaban J connectivity index is 2.33. The van der Waals surface area contributed by atoms with E-state index in [0.717, 1.165) is 24.5 Å². The molecule has 1 aliphatic heterocycles. The first-order valence-electron chi connectivity index (χ1n) is 6.75. The summed E-state index contributed by atoms with van der Waals surface area (Å²) < 4.78 is 10.8. The first kappa shape index (κ1) is 15.0. The van der Waals surface area contributed by atoms with Crippen LogP contribution in [-0.2, 0) is 0 Å². The highest BCUT2D eigenvalue weighted by atomic mass is 16.5. The fourth-order valence-corrected chi connectivity index (χ4v) is 2.38. The Morgan fingerprint density at radius 2 is 1.95 bits per heavy atom. The Morgan fingerprint density at radius 3 is 2.52 bits per heavy atom. The van der Waals surface area contributed by atoms with Crippen LogP contribution in [0.3, 0.4) is 0 Å². The van der Waals surface area contributed by atoms with Crippen molar-refractivity contribution in [2.45, 2.75) is 12.8 Å². The van der Waals surface area contributed by atoms with E-state index in [9.17, 15) is 4.79 Å². The normalized spacial score (nSPS) is 14.5. The molecular weight excluding hydrogens is 272 g/mol. The molecule has 0 atom stereocenters. The van der Waals surface area contributed by atoms with E-state index in [2.05, 4.69) is 15.4 Å². The number of anilines is 1. The van der Waals surface area contributed by atoms with Crippen molar-refractivity contribution >= 4 is 17.9 Å². The van der Waals surface area contributed by atoms with Gasteiger partial charge >= 0.3 is 6.03 Å². The van der Waals surface area contributed by atoms with E-state index in [1.165, 1.54) is 19.1 Å². The molecule has 114 valence electrons. The predicted octanol–water partition coefficient (Wildman–Crippen LogP) is 1.31. The molecule has 21 heavy (non-hydrogen) atoms. The number of nitrogens with one attached hydrogen (secondary N) is 1. The van der Waals surface area contributed by atoms with Crippen molar-refractivity contribution in [1.82, 2.24) is 5.43 Å². The summed E-state index contributed by atoms with van der Waals surface area (Å²) in [5.74, 6) is 1.41. The number of urea groups is 1. The van der Waals surface area contributed by atoms with Crippen LogP contribution in [0.1, 0.15) is 18.4 Å². The number of ether oxygens (including phenoxy) is 2. The minimum atomic E-state index is -0.717. The molecule has 0 bridgehead atoms. The van der Waals surface area contributed by atoms with Gasteiger partial charge in [0.1, 0.15) is 11.5 Å². The maximum absolute atomic E-state index is 10.6. The molecule has 1 fully saturated rings. The maximum atomic E-state index is 10.6. The lowest BCUT2D eigenvalue weighted by molar-refractivity contribution is 0.249. The molecule has 0 aliphatic carbocycles. The first-order valence-corrected chi connectivity index (χ1v) is 6.75. The summed E-state index contributed by atoms with van der Waals surface area (Å²) in [4.78, 5) is 12.9. The highest BCUT2D eigenvalue weighted by molar-refractivity contribution is 5.87. The molecule has 7 heteroatoms. The van der Waals surface area contributed by atoms with Crippen molar-refractivity contribution < 1.29 is 14.3 Å². The Kier molecular flexibility index (Phi) is 4.86. The number of primary amides is 1. The van der Waals surface area contributed by atoms with Gasteiger partial charge < -0.3 is 20.1 Å². The third-order valence-electron chi connectivity index (χ3n) is 3.36. The fourth-order valence-electron chi connectivity index (χ4n) is 2.38. The lowest BCUT2D eigenvalue weighted by Gasteiger charge is -2.22. The quantitative estimate of drug-likeness (QED) is 0.632. The molecule has 1 aromatic rings.